The smallest absolute Gasteiger partial charge is 0.125 e. The molecule has 0 unspecified atom stereocenters. The number of nitrogens with zero attached hydrogens (tertiary/aromatic N) is 1. The van der Waals surface area contributed by atoms with Gasteiger partial charge in [-0.1, -0.05) is 70.4 Å². The van der Waals surface area contributed by atoms with Crippen LogP contribution >= 0.6 is 0 Å². The van der Waals surface area contributed by atoms with Gasteiger partial charge in [0.1, 0.15) is 5.84 Å². The molecule has 0 aliphatic rings. The molecular weight excluding hydrogens is 220 g/mol. The summed E-state index contributed by atoms with van der Waals surface area (Å²) < 4.78 is 0. The maximum atomic E-state index is 6.01. The number of unbranched alkanes of at least 4 members (excludes halogenated alkanes) is 2. The largest absolute Gasteiger partial charge is 0.384 e. The van der Waals surface area contributed by atoms with E-state index in [0.29, 0.717) is 5.84 Å². The maximum Gasteiger partial charge on any atom is 0.125 e. The molecule has 0 heterocycles. The van der Waals surface area contributed by atoms with Crippen LogP contribution in [0.5, 0.6) is 0 Å². The number of hydrogen-bond donors (Lipinski definition) is 1. The molecule has 100 valence electrons. The first-order valence-corrected chi connectivity index (χ1v) is 6.90. The van der Waals surface area contributed by atoms with Crippen LogP contribution in [0.25, 0.3) is 0 Å². The van der Waals surface area contributed by atoms with Crippen LogP contribution in [0.1, 0.15) is 52.0 Å². The highest BCUT2D eigenvalue weighted by Crippen LogP contribution is 2.24. The maximum absolute atomic E-state index is 6.01. The number of aliphatic imine (C=N–C) groups is 1. The topological polar surface area (TPSA) is 38.4 Å². The van der Waals surface area contributed by atoms with Gasteiger partial charge in [-0.15, -0.1) is 0 Å². The highest BCUT2D eigenvalue weighted by atomic mass is 14.9. The van der Waals surface area contributed by atoms with Crippen molar-refractivity contribution in [2.45, 2.75) is 46.5 Å². The molecule has 0 aliphatic heterocycles. The summed E-state index contributed by atoms with van der Waals surface area (Å²) in [5.41, 5.74) is 7.27. The fourth-order valence-electron chi connectivity index (χ4n) is 1.93. The van der Waals surface area contributed by atoms with Gasteiger partial charge in [0.2, 0.25) is 0 Å². The van der Waals surface area contributed by atoms with Crippen molar-refractivity contribution in [3.05, 3.63) is 35.9 Å². The van der Waals surface area contributed by atoms with Gasteiger partial charge in [-0.25, -0.2) is 0 Å². The molecule has 0 atom stereocenters. The molecule has 0 saturated heterocycles. The van der Waals surface area contributed by atoms with E-state index < -0.39 is 0 Å². The fourth-order valence-corrected chi connectivity index (χ4v) is 1.93. The number of hydrogen-bond acceptors (Lipinski definition) is 1. The summed E-state index contributed by atoms with van der Waals surface area (Å²) in [5, 5.41) is 0. The fraction of sp³-hybridized carbons (Fsp3) is 0.562. The molecule has 0 aromatic heterocycles. The molecule has 18 heavy (non-hydrogen) atoms. The van der Waals surface area contributed by atoms with Crippen LogP contribution in [-0.4, -0.2) is 12.4 Å². The minimum atomic E-state index is 0.245. The van der Waals surface area contributed by atoms with Crippen molar-refractivity contribution < 1.29 is 0 Å². The molecule has 2 nitrogen and oxygen atoms in total. The van der Waals surface area contributed by atoms with E-state index >= 15 is 0 Å². The van der Waals surface area contributed by atoms with Crippen molar-refractivity contribution in [3.63, 3.8) is 0 Å². The molecule has 2 heteroatoms. The van der Waals surface area contributed by atoms with Crippen LogP contribution < -0.4 is 5.73 Å². The average molecular weight is 246 g/mol. The Labute approximate surface area is 111 Å². The minimum absolute atomic E-state index is 0.245. The Balaban J connectivity index is 2.52. The van der Waals surface area contributed by atoms with E-state index in [1.54, 1.807) is 0 Å². The van der Waals surface area contributed by atoms with Crippen molar-refractivity contribution in [1.29, 1.82) is 0 Å². The van der Waals surface area contributed by atoms with Crippen LogP contribution in [0.4, 0.5) is 0 Å². The summed E-state index contributed by atoms with van der Waals surface area (Å²) in [7, 11) is 0. The van der Waals surface area contributed by atoms with E-state index in [-0.39, 0.29) is 5.41 Å². The van der Waals surface area contributed by atoms with Gasteiger partial charge in [-0.2, -0.15) is 0 Å². The van der Waals surface area contributed by atoms with E-state index in [1.807, 2.05) is 30.3 Å². The summed E-state index contributed by atoms with van der Waals surface area (Å²) in [6, 6.07) is 9.98. The van der Waals surface area contributed by atoms with E-state index in [4.69, 9.17) is 5.73 Å². The molecule has 0 saturated carbocycles. The van der Waals surface area contributed by atoms with E-state index in [1.165, 1.54) is 25.7 Å². The second-order valence-electron chi connectivity index (χ2n) is 5.69. The van der Waals surface area contributed by atoms with Gasteiger partial charge < -0.3 is 5.73 Å². The number of rotatable bonds is 7. The minimum Gasteiger partial charge on any atom is -0.384 e. The Morgan fingerprint density at radius 1 is 1.17 bits per heavy atom. The molecule has 1 aromatic rings. The molecule has 1 aromatic carbocycles. The first-order valence-electron chi connectivity index (χ1n) is 6.90. The van der Waals surface area contributed by atoms with Crippen LogP contribution in [0.3, 0.4) is 0 Å². The third-order valence-corrected chi connectivity index (χ3v) is 3.20. The van der Waals surface area contributed by atoms with E-state index in [9.17, 15) is 0 Å². The SMILES string of the molecule is CCCCCC(C)(C)CN=C(N)c1ccccc1. The molecule has 0 aliphatic carbocycles. The lowest BCUT2D eigenvalue weighted by Gasteiger charge is -2.22. The van der Waals surface area contributed by atoms with Crippen molar-refractivity contribution >= 4 is 5.84 Å². The van der Waals surface area contributed by atoms with Gasteiger partial charge >= 0.3 is 0 Å². The lowest BCUT2D eigenvalue weighted by Crippen LogP contribution is -2.20. The second kappa shape index (κ2) is 7.20. The van der Waals surface area contributed by atoms with Gasteiger partial charge in [0.05, 0.1) is 0 Å². The monoisotopic (exact) mass is 246 g/mol. The van der Waals surface area contributed by atoms with Crippen LogP contribution in [0.15, 0.2) is 35.3 Å². The van der Waals surface area contributed by atoms with E-state index in [0.717, 1.165) is 12.1 Å². The summed E-state index contributed by atoms with van der Waals surface area (Å²) >= 11 is 0. The van der Waals surface area contributed by atoms with Crippen molar-refractivity contribution in [3.8, 4) is 0 Å². The summed E-state index contributed by atoms with van der Waals surface area (Å²) in [6.07, 6.45) is 5.07. The first-order chi connectivity index (χ1) is 8.55. The molecule has 0 amide bonds. The normalized spacial score (nSPS) is 12.7. The van der Waals surface area contributed by atoms with Crippen LogP contribution in [-0.2, 0) is 0 Å². The summed E-state index contributed by atoms with van der Waals surface area (Å²) in [5.74, 6) is 0.652. The highest BCUT2D eigenvalue weighted by molar-refractivity contribution is 5.97. The van der Waals surface area contributed by atoms with Crippen molar-refractivity contribution in [2.75, 3.05) is 6.54 Å². The molecule has 1 rings (SSSR count). The average Bonchev–Trinajstić information content (AvgIpc) is 2.37. The Hall–Kier alpha value is -1.31. The van der Waals surface area contributed by atoms with Gasteiger partial charge in [0.15, 0.2) is 0 Å². The Morgan fingerprint density at radius 3 is 2.44 bits per heavy atom. The van der Waals surface area contributed by atoms with Crippen molar-refractivity contribution in [1.82, 2.24) is 0 Å². The predicted octanol–water partition coefficient (Wildman–Crippen LogP) is 4.00. The van der Waals surface area contributed by atoms with Crippen LogP contribution in [0.2, 0.25) is 0 Å². The highest BCUT2D eigenvalue weighted by Gasteiger charge is 2.16. The zero-order valence-corrected chi connectivity index (χ0v) is 11.9. The predicted molar refractivity (Wildman–Crippen MR) is 80.0 cm³/mol. The Bertz CT molecular complexity index is 366. The van der Waals surface area contributed by atoms with Gasteiger partial charge in [-0.05, 0) is 11.8 Å². The molecule has 0 bridgehead atoms. The number of amidine groups is 1. The zero-order chi connectivity index (χ0) is 13.4. The molecular formula is C16H26N2. The quantitative estimate of drug-likeness (QED) is 0.441. The second-order valence-corrected chi connectivity index (χ2v) is 5.69. The lowest BCUT2D eigenvalue weighted by atomic mass is 9.87. The van der Waals surface area contributed by atoms with Crippen LogP contribution in [0, 0.1) is 5.41 Å². The summed E-state index contributed by atoms with van der Waals surface area (Å²) in [6.45, 7) is 7.57. The van der Waals surface area contributed by atoms with E-state index in [2.05, 4.69) is 25.8 Å². The van der Waals surface area contributed by atoms with Gasteiger partial charge in [0, 0.05) is 12.1 Å². The molecule has 2 N–H and O–H groups in total. The first kappa shape index (κ1) is 14.7. The number of benzene rings is 1. The third-order valence-electron chi connectivity index (χ3n) is 3.20. The Kier molecular flexibility index (Phi) is 5.90. The summed E-state index contributed by atoms with van der Waals surface area (Å²) in [4.78, 5) is 4.54. The molecule has 0 spiro atoms. The number of nitrogens with two attached hydrogens (primary N) is 1. The standard InChI is InChI=1S/C16H26N2/c1-4-5-9-12-16(2,3)13-18-15(17)14-10-7-6-8-11-14/h6-8,10-11H,4-5,9,12-13H2,1-3H3,(H2,17,18). The molecule has 0 fully saturated rings. The molecule has 0 radical (unpaired) electrons. The zero-order valence-electron chi connectivity index (χ0n) is 11.9. The lowest BCUT2D eigenvalue weighted by molar-refractivity contribution is 0.333. The third kappa shape index (κ3) is 5.35. The Morgan fingerprint density at radius 2 is 1.83 bits per heavy atom. The van der Waals surface area contributed by atoms with Gasteiger partial charge in [0.25, 0.3) is 0 Å². The van der Waals surface area contributed by atoms with Crippen molar-refractivity contribution in [2.24, 2.45) is 16.1 Å². The van der Waals surface area contributed by atoms with Gasteiger partial charge in [-0.3, -0.25) is 4.99 Å².